The second-order valence-corrected chi connectivity index (χ2v) is 4.20. The molecule has 1 aromatic carbocycles. The van der Waals surface area contributed by atoms with Crippen LogP contribution in [0.2, 0.25) is 0 Å². The van der Waals surface area contributed by atoms with E-state index in [2.05, 4.69) is 22.5 Å². The van der Waals surface area contributed by atoms with Gasteiger partial charge in [-0.15, -0.1) is 0 Å². The van der Waals surface area contributed by atoms with Crippen molar-refractivity contribution in [2.75, 3.05) is 11.9 Å². The van der Waals surface area contributed by atoms with E-state index in [9.17, 15) is 9.59 Å². The van der Waals surface area contributed by atoms with Gasteiger partial charge in [-0.1, -0.05) is 24.0 Å². The van der Waals surface area contributed by atoms with E-state index in [1.54, 1.807) is 6.07 Å². The van der Waals surface area contributed by atoms with E-state index < -0.39 is 6.04 Å². The van der Waals surface area contributed by atoms with E-state index in [0.29, 0.717) is 24.1 Å². The third-order valence-corrected chi connectivity index (χ3v) is 2.82. The fourth-order valence-corrected chi connectivity index (χ4v) is 1.88. The van der Waals surface area contributed by atoms with E-state index in [0.717, 1.165) is 0 Å². The van der Waals surface area contributed by atoms with Gasteiger partial charge in [-0.05, 0) is 18.6 Å². The summed E-state index contributed by atoms with van der Waals surface area (Å²) in [5, 5.41) is 5.41. The molecule has 1 fully saturated rings. The molecule has 1 aliphatic heterocycles. The molecule has 0 radical (unpaired) electrons. The minimum absolute atomic E-state index is 0.0867. The van der Waals surface area contributed by atoms with Crippen molar-refractivity contribution in [1.82, 2.24) is 5.32 Å². The molecule has 1 aromatic rings. The summed E-state index contributed by atoms with van der Waals surface area (Å²) in [6.45, 7) is 0.265. The normalized spacial score (nSPS) is 17.3. The van der Waals surface area contributed by atoms with Crippen molar-refractivity contribution in [3.05, 3.63) is 29.8 Å². The highest BCUT2D eigenvalue weighted by Gasteiger charge is 2.27. The lowest BCUT2D eigenvalue weighted by Crippen LogP contribution is -2.37. The standard InChI is InChI=1S/C14H15N3O2/c15-9-3-5-10-4-1-2-6-11(10)17-14(19)12-7-8-13(18)16-12/h1-2,4,6,12H,7-9,15H2,(H,16,18)(H,17,19). The molecule has 0 spiro atoms. The van der Waals surface area contributed by atoms with Crippen LogP contribution in [-0.2, 0) is 9.59 Å². The third kappa shape index (κ3) is 3.33. The zero-order valence-electron chi connectivity index (χ0n) is 10.4. The Hall–Kier alpha value is -2.32. The van der Waals surface area contributed by atoms with E-state index in [1.165, 1.54) is 0 Å². The number of hydrogen-bond acceptors (Lipinski definition) is 3. The van der Waals surface area contributed by atoms with Crippen LogP contribution in [0.5, 0.6) is 0 Å². The predicted octanol–water partition coefficient (Wildman–Crippen LogP) is 0.214. The fourth-order valence-electron chi connectivity index (χ4n) is 1.88. The molecule has 0 aliphatic carbocycles. The van der Waals surface area contributed by atoms with E-state index in [-0.39, 0.29) is 18.4 Å². The van der Waals surface area contributed by atoms with Gasteiger partial charge in [0.25, 0.3) is 0 Å². The van der Waals surface area contributed by atoms with Crippen LogP contribution < -0.4 is 16.4 Å². The van der Waals surface area contributed by atoms with Crippen molar-refractivity contribution in [1.29, 1.82) is 0 Å². The highest BCUT2D eigenvalue weighted by atomic mass is 16.2. The monoisotopic (exact) mass is 257 g/mol. The van der Waals surface area contributed by atoms with Gasteiger partial charge in [0.05, 0.1) is 12.2 Å². The molecule has 2 amide bonds. The molecule has 0 bridgehead atoms. The van der Waals surface area contributed by atoms with Crippen LogP contribution in [0.4, 0.5) is 5.69 Å². The van der Waals surface area contributed by atoms with Gasteiger partial charge < -0.3 is 16.4 Å². The Morgan fingerprint density at radius 1 is 1.47 bits per heavy atom. The van der Waals surface area contributed by atoms with Crippen molar-refractivity contribution in [3.8, 4) is 11.8 Å². The predicted molar refractivity (Wildman–Crippen MR) is 72.2 cm³/mol. The molecule has 4 N–H and O–H groups in total. The molecular formula is C14H15N3O2. The number of para-hydroxylation sites is 1. The highest BCUT2D eigenvalue weighted by molar-refractivity contribution is 5.99. The highest BCUT2D eigenvalue weighted by Crippen LogP contribution is 2.15. The maximum atomic E-state index is 12.0. The Morgan fingerprint density at radius 2 is 2.26 bits per heavy atom. The van der Waals surface area contributed by atoms with E-state index in [4.69, 9.17) is 5.73 Å². The van der Waals surface area contributed by atoms with Crippen molar-refractivity contribution in [2.45, 2.75) is 18.9 Å². The number of anilines is 1. The number of rotatable bonds is 2. The van der Waals surface area contributed by atoms with Crippen LogP contribution >= 0.6 is 0 Å². The molecule has 5 heteroatoms. The van der Waals surface area contributed by atoms with Crippen molar-refractivity contribution in [3.63, 3.8) is 0 Å². The number of carbonyl (C=O) groups excluding carboxylic acids is 2. The van der Waals surface area contributed by atoms with Gasteiger partial charge in [0.2, 0.25) is 11.8 Å². The van der Waals surface area contributed by atoms with Crippen LogP contribution in [-0.4, -0.2) is 24.4 Å². The molecule has 98 valence electrons. The summed E-state index contributed by atoms with van der Waals surface area (Å²) in [4.78, 5) is 23.1. The van der Waals surface area contributed by atoms with E-state index in [1.807, 2.05) is 18.2 Å². The lowest BCUT2D eigenvalue weighted by molar-refractivity contribution is -0.122. The molecule has 0 saturated carbocycles. The number of nitrogens with two attached hydrogens (primary N) is 1. The first-order valence-electron chi connectivity index (χ1n) is 6.09. The zero-order valence-corrected chi connectivity index (χ0v) is 10.4. The average Bonchev–Trinajstić information content (AvgIpc) is 2.84. The molecule has 1 saturated heterocycles. The minimum Gasteiger partial charge on any atom is -0.344 e. The molecule has 1 atom stereocenters. The van der Waals surface area contributed by atoms with Gasteiger partial charge in [0.1, 0.15) is 6.04 Å². The van der Waals surface area contributed by atoms with Crippen molar-refractivity contribution in [2.24, 2.45) is 5.73 Å². The molecule has 0 aromatic heterocycles. The summed E-state index contributed by atoms with van der Waals surface area (Å²) in [6, 6.07) is 6.79. The SMILES string of the molecule is NCC#Cc1ccccc1NC(=O)C1CCC(=O)N1. The minimum atomic E-state index is -0.456. The van der Waals surface area contributed by atoms with Gasteiger partial charge in [-0.3, -0.25) is 9.59 Å². The first kappa shape index (κ1) is 13.1. The van der Waals surface area contributed by atoms with Crippen LogP contribution in [0.3, 0.4) is 0 Å². The van der Waals surface area contributed by atoms with Crippen LogP contribution in [0, 0.1) is 11.8 Å². The Balaban J connectivity index is 2.10. The Morgan fingerprint density at radius 3 is 2.95 bits per heavy atom. The van der Waals surface area contributed by atoms with Crippen molar-refractivity contribution < 1.29 is 9.59 Å². The van der Waals surface area contributed by atoms with Gasteiger partial charge in [0.15, 0.2) is 0 Å². The number of hydrogen-bond donors (Lipinski definition) is 3. The van der Waals surface area contributed by atoms with Crippen LogP contribution in [0.25, 0.3) is 0 Å². The summed E-state index contributed by atoms with van der Waals surface area (Å²) in [7, 11) is 0. The summed E-state index contributed by atoms with van der Waals surface area (Å²) in [6.07, 6.45) is 0.925. The number of carbonyl (C=O) groups is 2. The summed E-state index contributed by atoms with van der Waals surface area (Å²) in [5.41, 5.74) is 6.68. The Bertz CT molecular complexity index is 557. The van der Waals surface area contributed by atoms with E-state index >= 15 is 0 Å². The maximum Gasteiger partial charge on any atom is 0.246 e. The second-order valence-electron chi connectivity index (χ2n) is 4.20. The second kappa shape index (κ2) is 6.03. The number of benzene rings is 1. The van der Waals surface area contributed by atoms with Gasteiger partial charge >= 0.3 is 0 Å². The van der Waals surface area contributed by atoms with Crippen LogP contribution in [0.1, 0.15) is 18.4 Å². The molecule has 1 heterocycles. The van der Waals surface area contributed by atoms with Gasteiger partial charge in [0, 0.05) is 12.0 Å². The maximum absolute atomic E-state index is 12.0. The Labute approximate surface area is 111 Å². The largest absolute Gasteiger partial charge is 0.344 e. The summed E-state index contributed by atoms with van der Waals surface area (Å²) < 4.78 is 0. The summed E-state index contributed by atoms with van der Waals surface area (Å²) in [5.74, 6) is 5.35. The fraction of sp³-hybridized carbons (Fsp3) is 0.286. The first-order chi connectivity index (χ1) is 9.20. The smallest absolute Gasteiger partial charge is 0.246 e. The molecule has 5 nitrogen and oxygen atoms in total. The lowest BCUT2D eigenvalue weighted by atomic mass is 10.1. The lowest BCUT2D eigenvalue weighted by Gasteiger charge is -2.12. The Kier molecular flexibility index (Phi) is 4.16. The number of amides is 2. The molecule has 1 unspecified atom stereocenters. The average molecular weight is 257 g/mol. The quantitative estimate of drug-likeness (QED) is 0.662. The molecule has 1 aliphatic rings. The summed E-state index contributed by atoms with van der Waals surface area (Å²) >= 11 is 0. The van der Waals surface area contributed by atoms with Crippen molar-refractivity contribution >= 4 is 17.5 Å². The van der Waals surface area contributed by atoms with Gasteiger partial charge in [-0.25, -0.2) is 0 Å². The number of nitrogens with one attached hydrogen (secondary N) is 2. The molecule has 19 heavy (non-hydrogen) atoms. The van der Waals surface area contributed by atoms with Crippen LogP contribution in [0.15, 0.2) is 24.3 Å². The topological polar surface area (TPSA) is 84.2 Å². The first-order valence-corrected chi connectivity index (χ1v) is 6.09. The molecule has 2 rings (SSSR count). The third-order valence-electron chi connectivity index (χ3n) is 2.82. The molecular weight excluding hydrogens is 242 g/mol. The zero-order chi connectivity index (χ0) is 13.7. The van der Waals surface area contributed by atoms with Gasteiger partial charge in [-0.2, -0.15) is 0 Å².